The smallest absolute Gasteiger partial charge is 0.165 e. The molecule has 1 heterocycles. The van der Waals surface area contributed by atoms with E-state index in [4.69, 9.17) is 10.5 Å². The first-order valence-electron chi connectivity index (χ1n) is 6.50. The van der Waals surface area contributed by atoms with Gasteiger partial charge < -0.3 is 15.8 Å². The van der Waals surface area contributed by atoms with Gasteiger partial charge in [-0.15, -0.1) is 0 Å². The Morgan fingerprint density at radius 3 is 2.90 bits per heavy atom. The molecule has 0 aliphatic rings. The summed E-state index contributed by atoms with van der Waals surface area (Å²) in [5, 5.41) is 7.49. The van der Waals surface area contributed by atoms with Crippen molar-refractivity contribution >= 4 is 5.69 Å². The Labute approximate surface area is 117 Å². The maximum Gasteiger partial charge on any atom is 0.165 e. The molecule has 1 atom stereocenters. The molecule has 2 rings (SSSR count). The predicted molar refractivity (Wildman–Crippen MR) is 76.3 cm³/mol. The number of aromatic nitrogens is 2. The van der Waals surface area contributed by atoms with Gasteiger partial charge in [0, 0.05) is 36.6 Å². The van der Waals surface area contributed by atoms with Crippen LogP contribution in [0.15, 0.2) is 30.6 Å². The number of methoxy groups -OCH3 is 1. The zero-order valence-electron chi connectivity index (χ0n) is 11.6. The van der Waals surface area contributed by atoms with Crippen LogP contribution in [-0.4, -0.2) is 23.4 Å². The molecule has 0 radical (unpaired) electrons. The first-order valence-corrected chi connectivity index (χ1v) is 6.50. The van der Waals surface area contributed by atoms with E-state index in [1.165, 1.54) is 13.2 Å². The summed E-state index contributed by atoms with van der Waals surface area (Å²) >= 11 is 0. The molecule has 0 spiro atoms. The van der Waals surface area contributed by atoms with Gasteiger partial charge in [0.2, 0.25) is 0 Å². The van der Waals surface area contributed by atoms with Crippen LogP contribution in [0.2, 0.25) is 0 Å². The lowest BCUT2D eigenvalue weighted by Crippen LogP contribution is -2.20. The van der Waals surface area contributed by atoms with E-state index in [1.54, 1.807) is 18.3 Å². The van der Waals surface area contributed by atoms with Crippen LogP contribution in [0.4, 0.5) is 10.1 Å². The van der Waals surface area contributed by atoms with Crippen molar-refractivity contribution in [3.63, 3.8) is 0 Å². The lowest BCUT2D eigenvalue weighted by atomic mass is 10.1. The molecular weight excluding hydrogens is 259 g/mol. The molecule has 20 heavy (non-hydrogen) atoms. The Morgan fingerprint density at radius 2 is 2.30 bits per heavy atom. The van der Waals surface area contributed by atoms with Gasteiger partial charge in [-0.1, -0.05) is 0 Å². The molecular formula is C14H19FN4O. The Bertz CT molecular complexity index is 570. The number of nitrogens with zero attached hydrogens (tertiary/aromatic N) is 2. The highest BCUT2D eigenvalue weighted by atomic mass is 19.1. The number of aryl methyl sites for hydroxylation is 1. The average Bonchev–Trinajstić information content (AvgIpc) is 2.95. The number of anilines is 1. The van der Waals surface area contributed by atoms with Crippen LogP contribution in [0.5, 0.6) is 5.75 Å². The SMILES string of the molecule is CCn1cc(C(CN)Nc2ccc(F)c(OC)c2)cn1. The van der Waals surface area contributed by atoms with E-state index >= 15 is 0 Å². The Kier molecular flexibility index (Phi) is 4.57. The first-order chi connectivity index (χ1) is 9.67. The second kappa shape index (κ2) is 6.38. The molecule has 5 nitrogen and oxygen atoms in total. The fourth-order valence-corrected chi connectivity index (χ4v) is 1.96. The second-order valence-corrected chi connectivity index (χ2v) is 4.41. The summed E-state index contributed by atoms with van der Waals surface area (Å²) in [6, 6.07) is 4.56. The molecule has 0 fully saturated rings. The van der Waals surface area contributed by atoms with Crippen LogP contribution in [-0.2, 0) is 6.54 Å². The van der Waals surface area contributed by atoms with Crippen molar-refractivity contribution in [2.75, 3.05) is 19.0 Å². The lowest BCUT2D eigenvalue weighted by Gasteiger charge is -2.17. The van der Waals surface area contributed by atoms with Crippen molar-refractivity contribution in [2.45, 2.75) is 19.5 Å². The number of nitrogens with one attached hydrogen (secondary N) is 1. The van der Waals surface area contributed by atoms with E-state index in [0.29, 0.717) is 6.54 Å². The summed E-state index contributed by atoms with van der Waals surface area (Å²) in [4.78, 5) is 0. The predicted octanol–water partition coefficient (Wildman–Crippen LogP) is 2.16. The molecule has 1 aromatic heterocycles. The summed E-state index contributed by atoms with van der Waals surface area (Å²) < 4.78 is 20.2. The number of hydrogen-bond donors (Lipinski definition) is 2. The quantitative estimate of drug-likeness (QED) is 0.850. The summed E-state index contributed by atoms with van der Waals surface area (Å²) in [6.45, 7) is 3.24. The van der Waals surface area contributed by atoms with Gasteiger partial charge in [-0.05, 0) is 19.1 Å². The van der Waals surface area contributed by atoms with Crippen LogP contribution < -0.4 is 15.8 Å². The third kappa shape index (κ3) is 3.08. The van der Waals surface area contributed by atoms with E-state index in [9.17, 15) is 4.39 Å². The molecule has 1 aromatic carbocycles. The lowest BCUT2D eigenvalue weighted by molar-refractivity contribution is 0.386. The van der Waals surface area contributed by atoms with Crippen LogP contribution in [0.3, 0.4) is 0 Å². The molecule has 0 amide bonds. The maximum atomic E-state index is 13.4. The molecule has 0 aliphatic carbocycles. The van der Waals surface area contributed by atoms with Crippen LogP contribution in [0, 0.1) is 5.82 Å². The third-order valence-electron chi connectivity index (χ3n) is 3.11. The Hall–Kier alpha value is -2.08. The van der Waals surface area contributed by atoms with Crippen molar-refractivity contribution in [1.29, 1.82) is 0 Å². The Morgan fingerprint density at radius 1 is 1.50 bits per heavy atom. The van der Waals surface area contributed by atoms with Crippen molar-refractivity contribution in [1.82, 2.24) is 9.78 Å². The average molecular weight is 278 g/mol. The number of ether oxygens (including phenoxy) is 1. The first kappa shape index (κ1) is 14.3. The fourth-order valence-electron chi connectivity index (χ4n) is 1.96. The van der Waals surface area contributed by atoms with Crippen LogP contribution >= 0.6 is 0 Å². The number of nitrogens with two attached hydrogens (primary N) is 1. The van der Waals surface area contributed by atoms with Crippen LogP contribution in [0.25, 0.3) is 0 Å². The molecule has 3 N–H and O–H groups in total. The van der Waals surface area contributed by atoms with Crippen molar-refractivity contribution < 1.29 is 9.13 Å². The third-order valence-corrected chi connectivity index (χ3v) is 3.11. The molecule has 2 aromatic rings. The van der Waals surface area contributed by atoms with E-state index in [1.807, 2.05) is 17.8 Å². The van der Waals surface area contributed by atoms with E-state index in [-0.39, 0.29) is 17.6 Å². The maximum absolute atomic E-state index is 13.4. The molecule has 0 saturated heterocycles. The summed E-state index contributed by atoms with van der Waals surface area (Å²) in [5.41, 5.74) is 7.55. The summed E-state index contributed by atoms with van der Waals surface area (Å²) in [6.07, 6.45) is 3.74. The van der Waals surface area contributed by atoms with Gasteiger partial charge >= 0.3 is 0 Å². The largest absolute Gasteiger partial charge is 0.494 e. The zero-order chi connectivity index (χ0) is 14.5. The van der Waals surface area contributed by atoms with Gasteiger partial charge in [0.25, 0.3) is 0 Å². The summed E-state index contributed by atoms with van der Waals surface area (Å²) in [5.74, 6) is -0.184. The number of halogens is 1. The number of rotatable bonds is 6. The molecule has 108 valence electrons. The minimum atomic E-state index is -0.388. The molecule has 1 unspecified atom stereocenters. The van der Waals surface area contributed by atoms with Crippen molar-refractivity contribution in [3.8, 4) is 5.75 Å². The molecule has 6 heteroatoms. The van der Waals surface area contributed by atoms with Gasteiger partial charge in [0.15, 0.2) is 11.6 Å². The molecule has 0 aliphatic heterocycles. The summed E-state index contributed by atoms with van der Waals surface area (Å²) in [7, 11) is 1.44. The minimum absolute atomic E-state index is 0.0783. The van der Waals surface area contributed by atoms with E-state index < -0.39 is 0 Å². The minimum Gasteiger partial charge on any atom is -0.494 e. The molecule has 0 saturated carbocycles. The molecule has 0 bridgehead atoms. The number of benzene rings is 1. The monoisotopic (exact) mass is 278 g/mol. The zero-order valence-corrected chi connectivity index (χ0v) is 11.6. The highest BCUT2D eigenvalue weighted by Gasteiger charge is 2.13. The number of hydrogen-bond acceptors (Lipinski definition) is 4. The van der Waals surface area contributed by atoms with E-state index in [0.717, 1.165) is 17.8 Å². The van der Waals surface area contributed by atoms with Gasteiger partial charge in [-0.3, -0.25) is 4.68 Å². The normalized spacial score (nSPS) is 12.2. The van der Waals surface area contributed by atoms with Gasteiger partial charge in [-0.2, -0.15) is 5.10 Å². The van der Waals surface area contributed by atoms with Crippen LogP contribution in [0.1, 0.15) is 18.5 Å². The standard InChI is InChI=1S/C14H19FN4O/c1-3-19-9-10(8-17-19)13(7-16)18-11-4-5-12(15)14(6-11)20-2/h4-6,8-9,13,18H,3,7,16H2,1-2H3. The second-order valence-electron chi connectivity index (χ2n) is 4.41. The van der Waals surface area contributed by atoms with Gasteiger partial charge in [0.1, 0.15) is 0 Å². The highest BCUT2D eigenvalue weighted by Crippen LogP contribution is 2.24. The Balaban J connectivity index is 2.17. The highest BCUT2D eigenvalue weighted by molar-refractivity contribution is 5.50. The van der Waals surface area contributed by atoms with Gasteiger partial charge in [0.05, 0.1) is 19.3 Å². The topological polar surface area (TPSA) is 65.1 Å². The van der Waals surface area contributed by atoms with Gasteiger partial charge in [-0.25, -0.2) is 4.39 Å². The van der Waals surface area contributed by atoms with E-state index in [2.05, 4.69) is 10.4 Å². The van der Waals surface area contributed by atoms with Crippen molar-refractivity contribution in [2.24, 2.45) is 5.73 Å². The van der Waals surface area contributed by atoms with Crippen molar-refractivity contribution in [3.05, 3.63) is 42.0 Å². The fraction of sp³-hybridized carbons (Fsp3) is 0.357.